The smallest absolute Gasteiger partial charge is 0.325 e. The highest BCUT2D eigenvalue weighted by Gasteiger charge is 2.40. The molecule has 0 aromatic carbocycles. The molecule has 2 atom stereocenters. The number of urea groups is 1. The Morgan fingerprint density at radius 1 is 1.44 bits per heavy atom. The van der Waals surface area contributed by atoms with Crippen molar-refractivity contribution in [2.45, 2.75) is 25.6 Å². The van der Waals surface area contributed by atoms with Gasteiger partial charge in [-0.15, -0.1) is 0 Å². The number of aromatic nitrogens is 1. The lowest BCUT2D eigenvalue weighted by Crippen LogP contribution is -2.44. The van der Waals surface area contributed by atoms with E-state index in [0.717, 1.165) is 5.69 Å². The summed E-state index contributed by atoms with van der Waals surface area (Å²) < 4.78 is 26.8. The first kappa shape index (κ1) is 19.3. The number of allylic oxidation sites excluding steroid dienone is 2. The maximum atomic E-state index is 13.6. The van der Waals surface area contributed by atoms with Gasteiger partial charge in [0.15, 0.2) is 12.0 Å². The van der Waals surface area contributed by atoms with Crippen molar-refractivity contribution < 1.29 is 18.4 Å². The molecule has 1 aliphatic heterocycles. The molecule has 0 bridgehead atoms. The van der Waals surface area contributed by atoms with Crippen molar-refractivity contribution in [3.63, 3.8) is 0 Å². The highest BCUT2D eigenvalue weighted by molar-refractivity contribution is 6.32. The topological polar surface area (TPSA) is 65.5 Å². The minimum absolute atomic E-state index is 0.0393. The maximum absolute atomic E-state index is 13.6. The lowest BCUT2D eigenvalue weighted by atomic mass is 10.0. The molecule has 3 amide bonds. The van der Waals surface area contributed by atoms with Gasteiger partial charge in [0.05, 0.1) is 23.5 Å². The fourth-order valence-corrected chi connectivity index (χ4v) is 3.23. The minimum atomic E-state index is -1.74. The number of hydrogen-bond acceptors (Lipinski definition) is 3. The Hall–Kier alpha value is -2.48. The number of nitrogens with zero attached hydrogens (tertiary/aromatic N) is 3. The molecule has 1 N–H and O–H groups in total. The lowest BCUT2D eigenvalue weighted by Gasteiger charge is -2.19. The molecule has 1 aromatic rings. The summed E-state index contributed by atoms with van der Waals surface area (Å²) in [5.74, 6) is -1.42. The van der Waals surface area contributed by atoms with Gasteiger partial charge >= 0.3 is 6.03 Å². The van der Waals surface area contributed by atoms with Gasteiger partial charge < -0.3 is 10.2 Å². The van der Waals surface area contributed by atoms with Crippen LogP contribution >= 0.6 is 11.6 Å². The maximum Gasteiger partial charge on any atom is 0.325 e. The fourth-order valence-electron chi connectivity index (χ4n) is 2.97. The summed E-state index contributed by atoms with van der Waals surface area (Å²) in [5.41, 5.74) is 1.74. The monoisotopic (exact) mass is 396 g/mol. The highest BCUT2D eigenvalue weighted by Crippen LogP contribution is 2.31. The van der Waals surface area contributed by atoms with Crippen LogP contribution in [0.15, 0.2) is 40.8 Å². The average Bonchev–Trinajstić information content (AvgIpc) is 2.95. The minimum Gasteiger partial charge on any atom is -0.350 e. The molecule has 6 nitrogen and oxygen atoms in total. The normalized spacial score (nSPS) is 23.0. The van der Waals surface area contributed by atoms with Gasteiger partial charge in [-0.2, -0.15) is 0 Å². The Morgan fingerprint density at radius 3 is 2.85 bits per heavy atom. The Labute approximate surface area is 160 Å². The zero-order chi connectivity index (χ0) is 19.7. The quantitative estimate of drug-likeness (QED) is 0.851. The second kappa shape index (κ2) is 7.64. The van der Waals surface area contributed by atoms with Crippen molar-refractivity contribution in [1.82, 2.24) is 15.2 Å². The third-order valence-corrected chi connectivity index (χ3v) is 5.08. The molecule has 0 spiro atoms. The lowest BCUT2D eigenvalue weighted by molar-refractivity contribution is -0.124. The zero-order valence-corrected chi connectivity index (χ0v) is 15.6. The van der Waals surface area contributed by atoms with Crippen LogP contribution in [0.25, 0.3) is 0 Å². The van der Waals surface area contributed by atoms with Crippen LogP contribution in [-0.4, -0.2) is 54.2 Å². The molecule has 144 valence electrons. The van der Waals surface area contributed by atoms with Gasteiger partial charge in [-0.3, -0.25) is 14.7 Å². The molecule has 9 heteroatoms. The number of carbonyl (C=O) groups excluding carboxylic acids is 2. The SMILES string of the molecule is Cc1ccc(N2CC(C(=O)NCC3=CCC(F)C(F)=C3Cl)N(C)C2=O)cn1. The molecule has 0 radical (unpaired) electrons. The molecule has 2 heterocycles. The molecule has 27 heavy (non-hydrogen) atoms. The van der Waals surface area contributed by atoms with E-state index in [1.165, 1.54) is 22.9 Å². The van der Waals surface area contributed by atoms with Crippen LogP contribution in [0.2, 0.25) is 0 Å². The molecule has 2 aliphatic rings. The largest absolute Gasteiger partial charge is 0.350 e. The molecule has 1 aromatic heterocycles. The number of likely N-dealkylation sites (N-methyl/N-ethyl adjacent to an activating group) is 1. The number of alkyl halides is 1. The van der Waals surface area contributed by atoms with Crippen LogP contribution in [0.5, 0.6) is 0 Å². The predicted molar refractivity (Wildman–Crippen MR) is 97.9 cm³/mol. The number of anilines is 1. The fraction of sp³-hybridized carbons (Fsp3) is 0.389. The van der Waals surface area contributed by atoms with Crippen LogP contribution < -0.4 is 10.2 Å². The number of hydrogen-bond donors (Lipinski definition) is 1. The number of amides is 3. The summed E-state index contributed by atoms with van der Waals surface area (Å²) in [5, 5.41) is 2.33. The van der Waals surface area contributed by atoms with Crippen LogP contribution in [0.1, 0.15) is 12.1 Å². The summed E-state index contributed by atoms with van der Waals surface area (Å²) in [7, 11) is 1.54. The van der Waals surface area contributed by atoms with E-state index in [1.54, 1.807) is 18.3 Å². The van der Waals surface area contributed by atoms with E-state index in [0.29, 0.717) is 11.3 Å². The van der Waals surface area contributed by atoms with Gasteiger partial charge in [0.25, 0.3) is 0 Å². The van der Waals surface area contributed by atoms with E-state index in [2.05, 4.69) is 10.3 Å². The summed E-state index contributed by atoms with van der Waals surface area (Å²) >= 11 is 5.80. The van der Waals surface area contributed by atoms with E-state index in [9.17, 15) is 18.4 Å². The first-order valence-electron chi connectivity index (χ1n) is 8.43. The van der Waals surface area contributed by atoms with Gasteiger partial charge in [-0.05, 0) is 24.6 Å². The molecular formula is C18H19ClF2N4O2. The number of aryl methyl sites for hydroxylation is 1. The highest BCUT2D eigenvalue weighted by atomic mass is 35.5. The van der Waals surface area contributed by atoms with Crippen molar-refractivity contribution in [3.05, 3.63) is 46.5 Å². The van der Waals surface area contributed by atoms with Crippen molar-refractivity contribution in [1.29, 1.82) is 0 Å². The summed E-state index contributed by atoms with van der Waals surface area (Å²) in [6.45, 7) is 1.96. The molecule has 0 saturated carbocycles. The van der Waals surface area contributed by atoms with Crippen molar-refractivity contribution in [2.75, 3.05) is 25.0 Å². The third kappa shape index (κ3) is 3.80. The van der Waals surface area contributed by atoms with E-state index in [1.807, 2.05) is 6.92 Å². The Morgan fingerprint density at radius 2 is 2.19 bits per heavy atom. The van der Waals surface area contributed by atoms with Gasteiger partial charge in [-0.25, -0.2) is 13.6 Å². The number of nitrogens with one attached hydrogen (secondary N) is 1. The molecule has 1 fully saturated rings. The summed E-state index contributed by atoms with van der Waals surface area (Å²) in [6, 6.07) is 2.51. The van der Waals surface area contributed by atoms with Gasteiger partial charge in [0.1, 0.15) is 6.04 Å². The number of rotatable bonds is 4. The molecule has 2 unspecified atom stereocenters. The van der Waals surface area contributed by atoms with Crippen LogP contribution in [0, 0.1) is 6.92 Å². The number of pyridine rings is 1. The van der Waals surface area contributed by atoms with Crippen LogP contribution in [-0.2, 0) is 4.79 Å². The molecular weight excluding hydrogens is 378 g/mol. The standard InChI is InChI=1S/C18H19ClF2N4O2/c1-10-3-5-12(8-22-10)25-9-14(24(2)18(25)27)17(26)23-7-11-4-6-13(20)16(21)15(11)19/h3-5,8,13-14H,6-7,9H2,1-2H3,(H,23,26). The predicted octanol–water partition coefficient (Wildman–Crippen LogP) is 2.83. The second-order valence-corrected chi connectivity index (χ2v) is 6.87. The Kier molecular flexibility index (Phi) is 5.46. The van der Waals surface area contributed by atoms with Crippen LogP contribution in [0.3, 0.4) is 0 Å². The molecule has 1 aliphatic carbocycles. The zero-order valence-electron chi connectivity index (χ0n) is 14.9. The van der Waals surface area contributed by atoms with Crippen LogP contribution in [0.4, 0.5) is 19.3 Å². The second-order valence-electron chi connectivity index (χ2n) is 6.49. The van der Waals surface area contributed by atoms with Crippen molar-refractivity contribution >= 4 is 29.2 Å². The Balaban J connectivity index is 1.65. The summed E-state index contributed by atoms with van der Waals surface area (Å²) in [4.78, 5) is 31.9. The third-order valence-electron chi connectivity index (χ3n) is 4.66. The van der Waals surface area contributed by atoms with E-state index < -0.39 is 23.9 Å². The van der Waals surface area contributed by atoms with E-state index in [-0.39, 0.29) is 30.6 Å². The van der Waals surface area contributed by atoms with Gasteiger partial charge in [-0.1, -0.05) is 17.7 Å². The van der Waals surface area contributed by atoms with E-state index in [4.69, 9.17) is 11.6 Å². The van der Waals surface area contributed by atoms with Gasteiger partial charge in [0.2, 0.25) is 5.91 Å². The average molecular weight is 397 g/mol. The Bertz CT molecular complexity index is 825. The van der Waals surface area contributed by atoms with Crippen molar-refractivity contribution in [3.8, 4) is 0 Å². The number of halogens is 3. The molecule has 3 rings (SSSR count). The first-order valence-corrected chi connectivity index (χ1v) is 8.80. The molecule has 1 saturated heterocycles. The summed E-state index contributed by atoms with van der Waals surface area (Å²) in [6.07, 6.45) is 1.18. The van der Waals surface area contributed by atoms with E-state index >= 15 is 0 Å². The number of carbonyl (C=O) groups is 2. The van der Waals surface area contributed by atoms with Gasteiger partial charge in [0, 0.05) is 25.7 Å². The first-order chi connectivity index (χ1) is 12.8. The van der Waals surface area contributed by atoms with Crippen molar-refractivity contribution in [2.24, 2.45) is 0 Å².